The van der Waals surface area contributed by atoms with E-state index in [4.69, 9.17) is 9.47 Å². The number of esters is 2. The molecule has 2 amide bonds. The van der Waals surface area contributed by atoms with Crippen LogP contribution >= 0.6 is 0 Å². The number of rotatable bonds is 8. The number of ether oxygens (including phenoxy) is 2. The van der Waals surface area contributed by atoms with E-state index < -0.39 is 23.8 Å². The fourth-order valence-electron chi connectivity index (χ4n) is 2.87. The molecule has 0 saturated carbocycles. The van der Waals surface area contributed by atoms with E-state index in [9.17, 15) is 19.2 Å². The molecule has 2 aromatic rings. The summed E-state index contributed by atoms with van der Waals surface area (Å²) in [6.45, 7) is -1.02. The second-order valence-corrected chi connectivity index (χ2v) is 6.79. The molecule has 30 heavy (non-hydrogen) atoms. The van der Waals surface area contributed by atoms with Crippen molar-refractivity contribution in [2.24, 2.45) is 0 Å². The van der Waals surface area contributed by atoms with Gasteiger partial charge >= 0.3 is 11.9 Å². The number of carbonyl (C=O) groups excluding carboxylic acids is 4. The first-order valence-electron chi connectivity index (χ1n) is 9.46. The van der Waals surface area contributed by atoms with Crippen LogP contribution in [-0.2, 0) is 41.9 Å². The Morgan fingerprint density at radius 1 is 0.667 bits per heavy atom. The molecule has 0 bridgehead atoms. The van der Waals surface area contributed by atoms with Gasteiger partial charge in [-0.25, -0.2) is 0 Å². The highest BCUT2D eigenvalue weighted by molar-refractivity contribution is 5.95. The highest BCUT2D eigenvalue weighted by atomic mass is 16.5. The molecule has 0 aromatic heterocycles. The van der Waals surface area contributed by atoms with Gasteiger partial charge in [0.15, 0.2) is 0 Å². The smallest absolute Gasteiger partial charge is 0.325 e. The third kappa shape index (κ3) is 6.16. The number of nitrogens with zero attached hydrogens (tertiary/aromatic N) is 2. The number of amides is 2. The molecule has 1 saturated heterocycles. The van der Waals surface area contributed by atoms with Crippen molar-refractivity contribution in [1.82, 2.24) is 9.80 Å². The van der Waals surface area contributed by atoms with E-state index in [1.54, 1.807) is 0 Å². The number of hydrogen-bond acceptors (Lipinski definition) is 6. The van der Waals surface area contributed by atoms with Crippen LogP contribution in [0.5, 0.6) is 0 Å². The SMILES string of the molecule is O=C(CN1CC(=O)N(CC(=O)OCc2ccccc2)CC1=O)OCc1ccccc1. The molecule has 0 spiro atoms. The molecule has 1 heterocycles. The van der Waals surface area contributed by atoms with E-state index in [-0.39, 0.29) is 39.4 Å². The fraction of sp³-hybridized carbons (Fsp3) is 0.273. The Kier molecular flexibility index (Phi) is 7.15. The summed E-state index contributed by atoms with van der Waals surface area (Å²) in [6, 6.07) is 18.3. The van der Waals surface area contributed by atoms with Gasteiger partial charge in [0.05, 0.1) is 0 Å². The minimum absolute atomic E-state index is 0.0923. The monoisotopic (exact) mass is 410 g/mol. The Hall–Kier alpha value is -3.68. The van der Waals surface area contributed by atoms with Crippen LogP contribution < -0.4 is 0 Å². The van der Waals surface area contributed by atoms with Crippen LogP contribution in [0.15, 0.2) is 60.7 Å². The van der Waals surface area contributed by atoms with Crippen molar-refractivity contribution in [1.29, 1.82) is 0 Å². The predicted molar refractivity (Wildman–Crippen MR) is 106 cm³/mol. The summed E-state index contributed by atoms with van der Waals surface area (Å²) in [7, 11) is 0. The maximum absolute atomic E-state index is 12.3. The van der Waals surface area contributed by atoms with Crippen molar-refractivity contribution in [3.05, 3.63) is 71.8 Å². The average molecular weight is 410 g/mol. The summed E-state index contributed by atoms with van der Waals surface area (Å²) < 4.78 is 10.3. The summed E-state index contributed by atoms with van der Waals surface area (Å²) in [4.78, 5) is 50.8. The second-order valence-electron chi connectivity index (χ2n) is 6.79. The number of hydrogen-bond donors (Lipinski definition) is 0. The number of piperazine rings is 1. The predicted octanol–water partition coefficient (Wildman–Crippen LogP) is 1.14. The normalized spacial score (nSPS) is 13.9. The van der Waals surface area contributed by atoms with E-state index in [2.05, 4.69) is 0 Å². The van der Waals surface area contributed by atoms with Gasteiger partial charge in [-0.05, 0) is 11.1 Å². The number of benzene rings is 2. The van der Waals surface area contributed by atoms with Crippen LogP contribution in [0.1, 0.15) is 11.1 Å². The Labute approximate surface area is 174 Å². The standard InChI is InChI=1S/C22H22N2O6/c25-19-12-24(14-22(28)30-16-18-9-5-2-6-10-18)20(26)11-23(19)13-21(27)29-15-17-7-3-1-4-8-17/h1-10H,11-16H2. The zero-order valence-corrected chi connectivity index (χ0v) is 16.4. The summed E-state index contributed by atoms with van der Waals surface area (Å²) in [6.07, 6.45) is 0. The third-order valence-electron chi connectivity index (χ3n) is 4.48. The van der Waals surface area contributed by atoms with Gasteiger partial charge in [-0.2, -0.15) is 0 Å². The highest BCUT2D eigenvalue weighted by Crippen LogP contribution is 2.08. The molecule has 1 aliphatic heterocycles. The molecule has 0 N–H and O–H groups in total. The van der Waals surface area contributed by atoms with Crippen LogP contribution in [0.25, 0.3) is 0 Å². The Balaban J connectivity index is 1.43. The molecule has 0 aliphatic carbocycles. The summed E-state index contributed by atoms with van der Waals surface area (Å²) in [5, 5.41) is 0. The number of carbonyl (C=O) groups is 4. The van der Waals surface area contributed by atoms with Crippen LogP contribution in [-0.4, -0.2) is 59.7 Å². The van der Waals surface area contributed by atoms with Gasteiger partial charge in [-0.1, -0.05) is 60.7 Å². The van der Waals surface area contributed by atoms with Crippen molar-refractivity contribution in [2.45, 2.75) is 13.2 Å². The summed E-state index contributed by atoms with van der Waals surface area (Å²) in [5.74, 6) is -2.06. The lowest BCUT2D eigenvalue weighted by Gasteiger charge is -2.32. The van der Waals surface area contributed by atoms with Crippen LogP contribution in [0.2, 0.25) is 0 Å². The molecule has 8 heteroatoms. The second kappa shape index (κ2) is 10.2. The van der Waals surface area contributed by atoms with Crippen LogP contribution in [0, 0.1) is 0 Å². The zero-order valence-electron chi connectivity index (χ0n) is 16.4. The quantitative estimate of drug-likeness (QED) is 0.606. The largest absolute Gasteiger partial charge is 0.459 e. The van der Waals surface area contributed by atoms with Crippen molar-refractivity contribution in [2.75, 3.05) is 26.2 Å². The minimum atomic E-state index is -0.601. The lowest BCUT2D eigenvalue weighted by molar-refractivity contribution is -0.160. The lowest BCUT2D eigenvalue weighted by atomic mass is 10.2. The first-order valence-corrected chi connectivity index (χ1v) is 9.46. The highest BCUT2D eigenvalue weighted by Gasteiger charge is 2.32. The van der Waals surface area contributed by atoms with Crippen molar-refractivity contribution < 1.29 is 28.7 Å². The Morgan fingerprint density at radius 2 is 1.03 bits per heavy atom. The topological polar surface area (TPSA) is 93.2 Å². The molecule has 8 nitrogen and oxygen atoms in total. The van der Waals surface area contributed by atoms with Gasteiger partial charge in [-0.3, -0.25) is 19.2 Å². The van der Waals surface area contributed by atoms with E-state index in [1.807, 2.05) is 60.7 Å². The molecule has 2 aromatic carbocycles. The van der Waals surface area contributed by atoms with E-state index >= 15 is 0 Å². The summed E-state index contributed by atoms with van der Waals surface area (Å²) >= 11 is 0. The lowest BCUT2D eigenvalue weighted by Crippen LogP contribution is -2.56. The van der Waals surface area contributed by atoms with E-state index in [0.29, 0.717) is 0 Å². The maximum Gasteiger partial charge on any atom is 0.325 e. The Bertz CT molecular complexity index is 825. The molecule has 156 valence electrons. The van der Waals surface area contributed by atoms with Gasteiger partial charge < -0.3 is 19.3 Å². The van der Waals surface area contributed by atoms with Crippen LogP contribution in [0.4, 0.5) is 0 Å². The molecular formula is C22H22N2O6. The van der Waals surface area contributed by atoms with Crippen molar-refractivity contribution in [3.63, 3.8) is 0 Å². The van der Waals surface area contributed by atoms with Gasteiger partial charge in [0.25, 0.3) is 0 Å². The molecule has 0 radical (unpaired) electrons. The zero-order chi connectivity index (χ0) is 21.3. The fourth-order valence-corrected chi connectivity index (χ4v) is 2.87. The molecule has 0 atom stereocenters. The molecule has 1 fully saturated rings. The molecular weight excluding hydrogens is 388 g/mol. The minimum Gasteiger partial charge on any atom is -0.459 e. The van der Waals surface area contributed by atoms with Gasteiger partial charge in [-0.15, -0.1) is 0 Å². The van der Waals surface area contributed by atoms with Gasteiger partial charge in [0, 0.05) is 0 Å². The van der Waals surface area contributed by atoms with Crippen LogP contribution in [0.3, 0.4) is 0 Å². The molecule has 0 unspecified atom stereocenters. The third-order valence-corrected chi connectivity index (χ3v) is 4.48. The van der Waals surface area contributed by atoms with E-state index in [0.717, 1.165) is 20.9 Å². The average Bonchev–Trinajstić information content (AvgIpc) is 2.76. The van der Waals surface area contributed by atoms with E-state index in [1.165, 1.54) is 0 Å². The Morgan fingerprint density at radius 3 is 1.40 bits per heavy atom. The molecule has 3 rings (SSSR count). The van der Waals surface area contributed by atoms with Crippen molar-refractivity contribution in [3.8, 4) is 0 Å². The summed E-state index contributed by atoms with van der Waals surface area (Å²) in [5.41, 5.74) is 1.65. The van der Waals surface area contributed by atoms with Gasteiger partial charge in [0.2, 0.25) is 11.8 Å². The maximum atomic E-state index is 12.3. The first-order chi connectivity index (χ1) is 14.5. The molecule has 1 aliphatic rings. The van der Waals surface area contributed by atoms with Crippen molar-refractivity contribution >= 4 is 23.8 Å². The van der Waals surface area contributed by atoms with Gasteiger partial charge in [0.1, 0.15) is 39.4 Å². The first kappa shape index (κ1) is 21.0.